The second-order valence-electron chi connectivity index (χ2n) is 4.94. The molecule has 6 heteroatoms. The number of H-pyrrole nitrogens is 1. The van der Waals surface area contributed by atoms with Crippen molar-refractivity contribution in [3.8, 4) is 11.4 Å². The largest absolute Gasteiger partial charge is 0.497 e. The average Bonchev–Trinajstić information content (AvgIpc) is 2.90. The molecule has 1 saturated heterocycles. The van der Waals surface area contributed by atoms with Gasteiger partial charge in [-0.05, 0) is 50.2 Å². The van der Waals surface area contributed by atoms with Crippen molar-refractivity contribution >= 4 is 0 Å². The highest BCUT2D eigenvalue weighted by molar-refractivity contribution is 5.38. The van der Waals surface area contributed by atoms with Gasteiger partial charge in [0, 0.05) is 5.92 Å². The molecule has 1 aromatic heterocycles. The molecule has 3 rings (SSSR count). The third-order valence-electron chi connectivity index (χ3n) is 3.73. The average molecular weight is 274 g/mol. The highest BCUT2D eigenvalue weighted by atomic mass is 16.5. The molecule has 1 fully saturated rings. The third kappa shape index (κ3) is 2.34. The summed E-state index contributed by atoms with van der Waals surface area (Å²) in [5.41, 5.74) is 0.627. The Balaban J connectivity index is 1.99. The Kier molecular flexibility index (Phi) is 3.56. The smallest absolute Gasteiger partial charge is 0.347 e. The quantitative estimate of drug-likeness (QED) is 0.877. The summed E-state index contributed by atoms with van der Waals surface area (Å²) in [6, 6.07) is 7.45. The third-order valence-corrected chi connectivity index (χ3v) is 3.73. The van der Waals surface area contributed by atoms with E-state index in [9.17, 15) is 4.79 Å². The highest BCUT2D eigenvalue weighted by Gasteiger charge is 2.22. The molecule has 6 nitrogen and oxygen atoms in total. The first kappa shape index (κ1) is 12.9. The predicted molar refractivity (Wildman–Crippen MR) is 75.6 cm³/mol. The summed E-state index contributed by atoms with van der Waals surface area (Å²) >= 11 is 0. The van der Waals surface area contributed by atoms with Crippen LogP contribution in [0.4, 0.5) is 0 Å². The number of rotatable bonds is 3. The van der Waals surface area contributed by atoms with Crippen LogP contribution in [0.5, 0.6) is 5.75 Å². The number of nitrogens with zero attached hydrogens (tertiary/aromatic N) is 2. The van der Waals surface area contributed by atoms with Crippen molar-refractivity contribution in [2.45, 2.75) is 18.8 Å². The standard InChI is InChI=1S/C14H18N4O2/c1-20-12-4-2-11(3-5-12)18-13(16-17-14(18)19)10-6-8-15-9-7-10/h2-5,10,15H,6-9H2,1H3,(H,17,19). The molecular weight excluding hydrogens is 256 g/mol. The molecule has 1 aliphatic rings. The van der Waals surface area contributed by atoms with Crippen molar-refractivity contribution in [1.29, 1.82) is 0 Å². The fraction of sp³-hybridized carbons (Fsp3) is 0.429. The summed E-state index contributed by atoms with van der Waals surface area (Å²) in [4.78, 5) is 12.0. The summed E-state index contributed by atoms with van der Waals surface area (Å²) in [6.45, 7) is 1.93. The van der Waals surface area contributed by atoms with Crippen molar-refractivity contribution in [3.63, 3.8) is 0 Å². The molecule has 2 heterocycles. The van der Waals surface area contributed by atoms with Crippen LogP contribution >= 0.6 is 0 Å². The van der Waals surface area contributed by atoms with Crippen LogP contribution in [0.1, 0.15) is 24.6 Å². The topological polar surface area (TPSA) is 71.9 Å². The molecular formula is C14H18N4O2. The molecule has 1 aromatic carbocycles. The Labute approximate surface area is 116 Å². The predicted octanol–water partition coefficient (Wildman–Crippen LogP) is 1.04. The van der Waals surface area contributed by atoms with Crippen molar-refractivity contribution in [2.24, 2.45) is 0 Å². The van der Waals surface area contributed by atoms with E-state index in [0.29, 0.717) is 5.92 Å². The lowest BCUT2D eigenvalue weighted by Gasteiger charge is -2.22. The van der Waals surface area contributed by atoms with Crippen molar-refractivity contribution in [1.82, 2.24) is 20.1 Å². The van der Waals surface area contributed by atoms with Crippen molar-refractivity contribution in [2.75, 3.05) is 20.2 Å². The van der Waals surface area contributed by atoms with Crippen LogP contribution in [0.2, 0.25) is 0 Å². The minimum Gasteiger partial charge on any atom is -0.497 e. The fourth-order valence-electron chi connectivity index (χ4n) is 2.64. The van der Waals surface area contributed by atoms with Gasteiger partial charge in [-0.15, -0.1) is 0 Å². The number of hydrogen-bond donors (Lipinski definition) is 2. The van der Waals surface area contributed by atoms with Gasteiger partial charge in [0.25, 0.3) is 0 Å². The van der Waals surface area contributed by atoms with Gasteiger partial charge in [-0.1, -0.05) is 0 Å². The van der Waals surface area contributed by atoms with Crippen LogP contribution in [0.3, 0.4) is 0 Å². The molecule has 2 N–H and O–H groups in total. The molecule has 106 valence electrons. The maximum atomic E-state index is 12.0. The number of methoxy groups -OCH3 is 1. The first-order valence-corrected chi connectivity index (χ1v) is 6.82. The van der Waals surface area contributed by atoms with Crippen molar-refractivity contribution < 1.29 is 4.74 Å². The molecule has 0 spiro atoms. The number of aromatic amines is 1. The zero-order valence-electron chi connectivity index (χ0n) is 11.4. The number of benzene rings is 1. The zero-order valence-corrected chi connectivity index (χ0v) is 11.4. The highest BCUT2D eigenvalue weighted by Crippen LogP contribution is 2.24. The van der Waals surface area contributed by atoms with Crippen LogP contribution in [0.15, 0.2) is 29.1 Å². The molecule has 0 aliphatic carbocycles. The lowest BCUT2D eigenvalue weighted by Crippen LogP contribution is -2.29. The Morgan fingerprint density at radius 3 is 2.60 bits per heavy atom. The van der Waals surface area contributed by atoms with Crippen molar-refractivity contribution in [3.05, 3.63) is 40.6 Å². The van der Waals surface area contributed by atoms with Gasteiger partial charge < -0.3 is 10.1 Å². The molecule has 0 radical (unpaired) electrons. The minimum atomic E-state index is -0.191. The van der Waals surface area contributed by atoms with E-state index < -0.39 is 0 Å². The van der Waals surface area contributed by atoms with E-state index in [2.05, 4.69) is 15.5 Å². The summed E-state index contributed by atoms with van der Waals surface area (Å²) in [5.74, 6) is 1.91. The van der Waals surface area contributed by atoms with Gasteiger partial charge in [0.1, 0.15) is 11.6 Å². The number of piperidine rings is 1. The molecule has 20 heavy (non-hydrogen) atoms. The maximum Gasteiger partial charge on any atom is 0.347 e. The number of nitrogens with one attached hydrogen (secondary N) is 2. The van der Waals surface area contributed by atoms with Gasteiger partial charge in [0.15, 0.2) is 0 Å². The molecule has 0 unspecified atom stereocenters. The molecule has 2 aromatic rings. The van der Waals surface area contributed by atoms with E-state index in [4.69, 9.17) is 4.74 Å². The SMILES string of the molecule is COc1ccc(-n2c(C3CCNCC3)n[nH]c2=O)cc1. The summed E-state index contributed by atoms with van der Waals surface area (Å²) < 4.78 is 6.81. The van der Waals surface area contributed by atoms with Gasteiger partial charge in [0.2, 0.25) is 0 Å². The Hall–Kier alpha value is -2.08. The van der Waals surface area contributed by atoms with E-state index in [-0.39, 0.29) is 5.69 Å². The van der Waals surface area contributed by atoms with Gasteiger partial charge >= 0.3 is 5.69 Å². The summed E-state index contributed by atoms with van der Waals surface area (Å²) in [7, 11) is 1.62. The van der Waals surface area contributed by atoms with Crippen LogP contribution < -0.4 is 15.7 Å². The van der Waals surface area contributed by atoms with Crippen LogP contribution in [0.25, 0.3) is 5.69 Å². The second-order valence-corrected chi connectivity index (χ2v) is 4.94. The van der Waals surface area contributed by atoms with E-state index in [1.807, 2.05) is 24.3 Å². The normalized spacial score (nSPS) is 16.2. The Bertz CT molecular complexity index is 623. The Morgan fingerprint density at radius 1 is 1.25 bits per heavy atom. The van der Waals surface area contributed by atoms with E-state index in [1.54, 1.807) is 11.7 Å². The molecule has 0 atom stereocenters. The lowest BCUT2D eigenvalue weighted by atomic mass is 9.97. The van der Waals surface area contributed by atoms with Gasteiger partial charge in [-0.2, -0.15) is 5.10 Å². The minimum absolute atomic E-state index is 0.191. The van der Waals surface area contributed by atoms with Crippen LogP contribution in [-0.4, -0.2) is 35.0 Å². The molecule has 0 amide bonds. The van der Waals surface area contributed by atoms with E-state index in [1.165, 1.54) is 0 Å². The summed E-state index contributed by atoms with van der Waals surface area (Å²) in [5, 5.41) is 10.1. The van der Waals surface area contributed by atoms with Gasteiger partial charge in [0.05, 0.1) is 12.8 Å². The Morgan fingerprint density at radius 2 is 1.95 bits per heavy atom. The molecule has 1 aliphatic heterocycles. The molecule has 0 bridgehead atoms. The monoisotopic (exact) mass is 274 g/mol. The first-order valence-electron chi connectivity index (χ1n) is 6.82. The summed E-state index contributed by atoms with van der Waals surface area (Å²) in [6.07, 6.45) is 2.00. The van der Waals surface area contributed by atoms with Crippen LogP contribution in [0, 0.1) is 0 Å². The number of aromatic nitrogens is 3. The van der Waals surface area contributed by atoms with Crippen LogP contribution in [-0.2, 0) is 0 Å². The number of ether oxygens (including phenoxy) is 1. The zero-order chi connectivity index (χ0) is 13.9. The molecule has 0 saturated carbocycles. The lowest BCUT2D eigenvalue weighted by molar-refractivity contribution is 0.414. The van der Waals surface area contributed by atoms with Gasteiger partial charge in [-0.25, -0.2) is 14.5 Å². The number of hydrogen-bond acceptors (Lipinski definition) is 4. The van der Waals surface area contributed by atoms with E-state index in [0.717, 1.165) is 43.2 Å². The fourth-order valence-corrected chi connectivity index (χ4v) is 2.64. The van der Waals surface area contributed by atoms with Gasteiger partial charge in [-0.3, -0.25) is 0 Å². The second kappa shape index (κ2) is 5.50. The maximum absolute atomic E-state index is 12.0. The van der Waals surface area contributed by atoms with E-state index >= 15 is 0 Å². The first-order chi connectivity index (χ1) is 9.79.